The summed E-state index contributed by atoms with van der Waals surface area (Å²) in [4.78, 5) is 11.7. The molecule has 0 N–H and O–H groups in total. The van der Waals surface area contributed by atoms with Crippen LogP contribution in [0.2, 0.25) is 5.02 Å². The number of nitriles is 1. The number of nitrogens with zero attached hydrogens (tertiary/aromatic N) is 2. The van der Waals surface area contributed by atoms with E-state index in [2.05, 4.69) is 0 Å². The van der Waals surface area contributed by atoms with Crippen molar-refractivity contribution in [3.8, 4) is 6.07 Å². The monoisotopic (exact) mass is 290 g/mol. The van der Waals surface area contributed by atoms with Gasteiger partial charge in [0.25, 0.3) is 5.69 Å². The van der Waals surface area contributed by atoms with E-state index >= 15 is 0 Å². The summed E-state index contributed by atoms with van der Waals surface area (Å²) in [5.41, 5.74) is 0.186. The Morgan fingerprint density at radius 1 is 1.26 bits per heavy atom. The number of halogens is 1. The van der Waals surface area contributed by atoms with Crippen LogP contribution in [0.1, 0.15) is 5.56 Å². The first kappa shape index (κ1) is 13.4. The standard InChI is InChI=1S/C13H7ClN2O2S/c14-10-2-1-3-12(7-10)19-13-5-4-11(16(17)18)6-9(13)8-15/h1-7H. The van der Waals surface area contributed by atoms with E-state index in [0.29, 0.717) is 9.92 Å². The molecule has 0 saturated heterocycles. The van der Waals surface area contributed by atoms with Crippen molar-refractivity contribution in [3.63, 3.8) is 0 Å². The maximum absolute atomic E-state index is 10.7. The van der Waals surface area contributed by atoms with Gasteiger partial charge in [0, 0.05) is 26.9 Å². The third-order valence-corrected chi connectivity index (χ3v) is 3.62. The van der Waals surface area contributed by atoms with Gasteiger partial charge in [-0.15, -0.1) is 0 Å². The van der Waals surface area contributed by atoms with Crippen molar-refractivity contribution in [2.45, 2.75) is 9.79 Å². The van der Waals surface area contributed by atoms with Gasteiger partial charge in [-0.3, -0.25) is 10.1 Å². The lowest BCUT2D eigenvalue weighted by molar-refractivity contribution is -0.384. The highest BCUT2D eigenvalue weighted by Crippen LogP contribution is 2.33. The Kier molecular flexibility index (Phi) is 4.05. The maximum Gasteiger partial charge on any atom is 0.270 e. The van der Waals surface area contributed by atoms with Crippen LogP contribution in [0.3, 0.4) is 0 Å². The molecule has 2 aromatic carbocycles. The van der Waals surface area contributed by atoms with Crippen molar-refractivity contribution in [2.24, 2.45) is 0 Å². The lowest BCUT2D eigenvalue weighted by atomic mass is 10.2. The summed E-state index contributed by atoms with van der Waals surface area (Å²) in [6, 6.07) is 13.4. The van der Waals surface area contributed by atoms with E-state index in [0.717, 1.165) is 4.90 Å². The van der Waals surface area contributed by atoms with Gasteiger partial charge in [0.05, 0.1) is 10.5 Å². The van der Waals surface area contributed by atoms with Crippen molar-refractivity contribution in [2.75, 3.05) is 0 Å². The Bertz CT molecular complexity index is 683. The van der Waals surface area contributed by atoms with Crippen molar-refractivity contribution < 1.29 is 4.92 Å². The zero-order valence-corrected chi connectivity index (χ0v) is 11.1. The van der Waals surface area contributed by atoms with E-state index in [1.165, 1.54) is 23.9 Å². The topological polar surface area (TPSA) is 66.9 Å². The minimum absolute atomic E-state index is 0.0907. The summed E-state index contributed by atoms with van der Waals surface area (Å²) in [6.45, 7) is 0. The molecule has 2 aromatic rings. The van der Waals surface area contributed by atoms with Crippen LogP contribution in [-0.4, -0.2) is 4.92 Å². The lowest BCUT2D eigenvalue weighted by Gasteiger charge is -2.04. The first-order valence-electron chi connectivity index (χ1n) is 5.22. The second-order valence-corrected chi connectivity index (χ2v) is 5.16. The van der Waals surface area contributed by atoms with Gasteiger partial charge in [0.1, 0.15) is 6.07 Å². The number of benzene rings is 2. The fourth-order valence-electron chi connectivity index (χ4n) is 1.47. The largest absolute Gasteiger partial charge is 0.270 e. The number of nitro benzene ring substituents is 1. The molecule has 6 heteroatoms. The number of rotatable bonds is 3. The molecule has 2 rings (SSSR count). The van der Waals surface area contributed by atoms with E-state index in [4.69, 9.17) is 16.9 Å². The maximum atomic E-state index is 10.7. The van der Waals surface area contributed by atoms with Crippen molar-refractivity contribution in [3.05, 3.63) is 63.2 Å². The molecule has 0 radical (unpaired) electrons. The molecular formula is C13H7ClN2O2S. The average Bonchev–Trinajstić information content (AvgIpc) is 2.39. The van der Waals surface area contributed by atoms with Crippen LogP contribution in [-0.2, 0) is 0 Å². The van der Waals surface area contributed by atoms with Gasteiger partial charge in [-0.05, 0) is 24.3 Å². The molecule has 0 heterocycles. The molecule has 0 bridgehead atoms. The van der Waals surface area contributed by atoms with Crippen LogP contribution >= 0.6 is 23.4 Å². The third kappa shape index (κ3) is 3.25. The number of nitro groups is 1. The summed E-state index contributed by atoms with van der Waals surface area (Å²) in [6.07, 6.45) is 0. The van der Waals surface area contributed by atoms with Crippen LogP contribution in [0.25, 0.3) is 0 Å². The molecule has 0 amide bonds. The quantitative estimate of drug-likeness (QED) is 0.625. The molecule has 0 unspecified atom stereocenters. The Hall–Kier alpha value is -2.03. The lowest BCUT2D eigenvalue weighted by Crippen LogP contribution is -1.90. The predicted molar refractivity (Wildman–Crippen MR) is 73.4 cm³/mol. The number of hydrogen-bond acceptors (Lipinski definition) is 4. The summed E-state index contributed by atoms with van der Waals surface area (Å²) in [5, 5.41) is 20.3. The molecule has 0 aromatic heterocycles. The van der Waals surface area contributed by atoms with Gasteiger partial charge in [0.2, 0.25) is 0 Å². The number of hydrogen-bond donors (Lipinski definition) is 0. The van der Waals surface area contributed by atoms with E-state index in [1.807, 2.05) is 18.2 Å². The van der Waals surface area contributed by atoms with Crippen LogP contribution < -0.4 is 0 Å². The molecule has 0 saturated carbocycles. The van der Waals surface area contributed by atoms with E-state index < -0.39 is 4.92 Å². The van der Waals surface area contributed by atoms with Crippen molar-refractivity contribution in [1.82, 2.24) is 0 Å². The molecule has 19 heavy (non-hydrogen) atoms. The van der Waals surface area contributed by atoms with Gasteiger partial charge in [0.15, 0.2) is 0 Å². The molecule has 94 valence electrons. The first-order valence-corrected chi connectivity index (χ1v) is 6.41. The van der Waals surface area contributed by atoms with E-state index in [9.17, 15) is 10.1 Å². The van der Waals surface area contributed by atoms with Gasteiger partial charge < -0.3 is 0 Å². The second kappa shape index (κ2) is 5.74. The molecular weight excluding hydrogens is 284 g/mol. The molecule has 0 spiro atoms. The highest BCUT2D eigenvalue weighted by atomic mass is 35.5. The van der Waals surface area contributed by atoms with Crippen molar-refractivity contribution >= 4 is 29.1 Å². The molecule has 0 aliphatic carbocycles. The Morgan fingerprint density at radius 2 is 2.05 bits per heavy atom. The van der Waals surface area contributed by atoms with Gasteiger partial charge >= 0.3 is 0 Å². The predicted octanol–water partition coefficient (Wildman–Crippen LogP) is 4.27. The van der Waals surface area contributed by atoms with Crippen LogP contribution in [0.15, 0.2) is 52.3 Å². The van der Waals surface area contributed by atoms with Crippen LogP contribution in [0.5, 0.6) is 0 Å². The Labute approximate surface area is 118 Å². The highest BCUT2D eigenvalue weighted by Gasteiger charge is 2.11. The minimum Gasteiger partial charge on any atom is -0.258 e. The third-order valence-electron chi connectivity index (χ3n) is 2.32. The van der Waals surface area contributed by atoms with Gasteiger partial charge in [-0.1, -0.05) is 29.4 Å². The van der Waals surface area contributed by atoms with Gasteiger partial charge in [-0.25, -0.2) is 0 Å². The van der Waals surface area contributed by atoms with E-state index in [1.54, 1.807) is 18.2 Å². The fourth-order valence-corrected chi connectivity index (χ4v) is 2.66. The summed E-state index contributed by atoms with van der Waals surface area (Å²) in [5.74, 6) is 0. The van der Waals surface area contributed by atoms with Crippen LogP contribution in [0.4, 0.5) is 5.69 Å². The van der Waals surface area contributed by atoms with Crippen molar-refractivity contribution in [1.29, 1.82) is 5.26 Å². The first-order chi connectivity index (χ1) is 9.10. The summed E-state index contributed by atoms with van der Waals surface area (Å²) in [7, 11) is 0. The molecule has 4 nitrogen and oxygen atoms in total. The van der Waals surface area contributed by atoms with E-state index in [-0.39, 0.29) is 11.3 Å². The molecule has 0 fully saturated rings. The Balaban J connectivity index is 2.36. The minimum atomic E-state index is -0.519. The molecule has 0 aliphatic rings. The molecule has 0 atom stereocenters. The summed E-state index contributed by atoms with van der Waals surface area (Å²) < 4.78 is 0. The molecule has 0 aliphatic heterocycles. The van der Waals surface area contributed by atoms with Crippen LogP contribution in [0, 0.1) is 21.4 Å². The zero-order chi connectivity index (χ0) is 13.8. The fraction of sp³-hybridized carbons (Fsp3) is 0. The highest BCUT2D eigenvalue weighted by molar-refractivity contribution is 7.99. The summed E-state index contributed by atoms with van der Waals surface area (Å²) >= 11 is 7.23. The normalized spacial score (nSPS) is 9.89. The zero-order valence-electron chi connectivity index (χ0n) is 9.54. The number of non-ortho nitro benzene ring substituents is 1. The van der Waals surface area contributed by atoms with Gasteiger partial charge in [-0.2, -0.15) is 5.26 Å². The SMILES string of the molecule is N#Cc1cc([N+](=O)[O-])ccc1Sc1cccc(Cl)c1. The average molecular weight is 291 g/mol. The Morgan fingerprint density at radius 3 is 2.68 bits per heavy atom. The smallest absolute Gasteiger partial charge is 0.258 e. The second-order valence-electron chi connectivity index (χ2n) is 3.61.